The molecule has 0 N–H and O–H groups in total. The lowest BCUT2D eigenvalue weighted by Gasteiger charge is -2.11. The molecule has 0 fully saturated rings. The molecule has 0 atom stereocenters. The van der Waals surface area contributed by atoms with Gasteiger partial charge in [-0.25, -0.2) is 0 Å². The molecule has 42 heavy (non-hydrogen) atoms. The molecule has 8 rings (SSSR count). The van der Waals surface area contributed by atoms with Crippen LogP contribution in [-0.2, 0) is 0 Å². The first kappa shape index (κ1) is 25.6. The van der Waals surface area contributed by atoms with Crippen molar-refractivity contribution in [2.75, 3.05) is 0 Å². The summed E-state index contributed by atoms with van der Waals surface area (Å²) in [6.45, 7) is 4.31. The van der Waals surface area contributed by atoms with Crippen molar-refractivity contribution < 1.29 is 0 Å². The van der Waals surface area contributed by atoms with Gasteiger partial charge in [0, 0.05) is 41.9 Å². The normalized spacial score (nSPS) is 11.8. The zero-order chi connectivity index (χ0) is 28.5. The second-order valence-electron chi connectivity index (χ2n) is 11.1. The van der Waals surface area contributed by atoms with Crippen LogP contribution >= 0.6 is 31.9 Å². The molecule has 0 unspecified atom stereocenters. The van der Waals surface area contributed by atoms with Gasteiger partial charge in [0.05, 0.1) is 22.1 Å². The first-order valence-electron chi connectivity index (χ1n) is 14.1. The number of nitrogens with zero attached hydrogens (tertiary/aromatic N) is 2. The highest BCUT2D eigenvalue weighted by Gasteiger charge is 2.15. The van der Waals surface area contributed by atoms with Gasteiger partial charge in [-0.05, 0) is 110 Å². The maximum Gasteiger partial charge on any atom is 0.0541 e. The van der Waals surface area contributed by atoms with E-state index in [1.807, 2.05) is 0 Å². The van der Waals surface area contributed by atoms with Crippen LogP contribution in [0.25, 0.3) is 66.1 Å². The SMILES string of the molecule is Cc1ccc2c(c1)c1cc(Br)ccc1n2-c1ccc(-c2ccc(-n3c4ccc(C)cc4c4cc(Br)ccc43)cc2)cc1. The predicted octanol–water partition coefficient (Wildman–Crippen LogP) is 11.7. The van der Waals surface area contributed by atoms with E-state index in [4.69, 9.17) is 0 Å². The standard InChI is InChI=1S/C38H26Br2N2/c1-23-3-15-35-31(19-23)33-21-27(39)9-17-37(33)41(35)29-11-5-25(6-12-29)26-7-13-30(14-8-26)42-36-16-4-24(2)20-32(36)34-22-28(40)10-18-38(34)42/h3-22H,1-2H3. The molecule has 0 aliphatic carbocycles. The van der Waals surface area contributed by atoms with Crippen molar-refractivity contribution in [2.24, 2.45) is 0 Å². The first-order chi connectivity index (χ1) is 20.4. The molecule has 2 heterocycles. The molecule has 0 radical (unpaired) electrons. The maximum atomic E-state index is 3.67. The second kappa shape index (κ2) is 9.72. The summed E-state index contributed by atoms with van der Waals surface area (Å²) in [6.07, 6.45) is 0. The van der Waals surface area contributed by atoms with Crippen LogP contribution in [0, 0.1) is 13.8 Å². The third-order valence-corrected chi connectivity index (χ3v) is 9.34. The molecule has 2 aromatic heterocycles. The summed E-state index contributed by atoms with van der Waals surface area (Å²) in [5.74, 6) is 0. The summed E-state index contributed by atoms with van der Waals surface area (Å²) in [5, 5.41) is 5.07. The first-order valence-corrected chi connectivity index (χ1v) is 15.7. The minimum atomic E-state index is 1.10. The molecule has 8 aromatic rings. The molecule has 0 aliphatic rings. The zero-order valence-electron chi connectivity index (χ0n) is 23.2. The fraction of sp³-hybridized carbons (Fsp3) is 0.0526. The Bertz CT molecular complexity index is 2040. The molecule has 202 valence electrons. The molecule has 2 nitrogen and oxygen atoms in total. The minimum Gasteiger partial charge on any atom is -0.309 e. The van der Waals surface area contributed by atoms with Gasteiger partial charge in [0.15, 0.2) is 0 Å². The van der Waals surface area contributed by atoms with Crippen molar-refractivity contribution in [1.29, 1.82) is 0 Å². The van der Waals surface area contributed by atoms with E-state index in [0.29, 0.717) is 0 Å². The van der Waals surface area contributed by atoms with Crippen molar-refractivity contribution in [2.45, 2.75) is 13.8 Å². The van der Waals surface area contributed by atoms with Crippen LogP contribution in [-0.4, -0.2) is 9.13 Å². The molecule has 0 bridgehead atoms. The molecule has 0 spiro atoms. The summed E-state index contributed by atoms with van der Waals surface area (Å²) in [4.78, 5) is 0. The van der Waals surface area contributed by atoms with Crippen molar-refractivity contribution in [3.63, 3.8) is 0 Å². The second-order valence-corrected chi connectivity index (χ2v) is 13.0. The van der Waals surface area contributed by atoms with Crippen LogP contribution in [0.1, 0.15) is 11.1 Å². The molecule has 0 saturated carbocycles. The van der Waals surface area contributed by atoms with Gasteiger partial charge in [0.2, 0.25) is 0 Å². The van der Waals surface area contributed by atoms with Crippen LogP contribution in [0.4, 0.5) is 0 Å². The lowest BCUT2D eigenvalue weighted by atomic mass is 10.0. The summed E-state index contributed by atoms with van der Waals surface area (Å²) in [5.41, 5.74) is 12.1. The predicted molar refractivity (Wildman–Crippen MR) is 185 cm³/mol. The molecule has 0 aliphatic heterocycles. The quantitative estimate of drug-likeness (QED) is 0.177. The number of hydrogen-bond donors (Lipinski definition) is 0. The van der Waals surface area contributed by atoms with E-state index >= 15 is 0 Å². The van der Waals surface area contributed by atoms with Gasteiger partial charge in [0.25, 0.3) is 0 Å². The number of halogens is 2. The number of fused-ring (bicyclic) bond motifs is 6. The molecule has 0 amide bonds. The Morgan fingerprint density at radius 3 is 1.10 bits per heavy atom. The smallest absolute Gasteiger partial charge is 0.0541 e. The van der Waals surface area contributed by atoms with Gasteiger partial charge < -0.3 is 9.13 Å². The van der Waals surface area contributed by atoms with Crippen LogP contribution in [0.3, 0.4) is 0 Å². The summed E-state index contributed by atoms with van der Waals surface area (Å²) >= 11 is 7.34. The van der Waals surface area contributed by atoms with E-state index in [2.05, 4.69) is 176 Å². The van der Waals surface area contributed by atoms with Crippen LogP contribution < -0.4 is 0 Å². The third-order valence-electron chi connectivity index (χ3n) is 8.35. The number of hydrogen-bond acceptors (Lipinski definition) is 0. The number of rotatable bonds is 3. The van der Waals surface area contributed by atoms with Crippen molar-refractivity contribution in [1.82, 2.24) is 9.13 Å². The van der Waals surface area contributed by atoms with E-state index < -0.39 is 0 Å². The lowest BCUT2D eigenvalue weighted by Crippen LogP contribution is -1.95. The van der Waals surface area contributed by atoms with Gasteiger partial charge in [0.1, 0.15) is 0 Å². The van der Waals surface area contributed by atoms with E-state index in [1.165, 1.54) is 65.9 Å². The molecule has 4 heteroatoms. The molecule has 6 aromatic carbocycles. The largest absolute Gasteiger partial charge is 0.309 e. The number of aryl methyl sites for hydroxylation is 2. The summed E-state index contributed by atoms with van der Waals surface area (Å²) in [7, 11) is 0. The van der Waals surface area contributed by atoms with E-state index in [9.17, 15) is 0 Å². The minimum absolute atomic E-state index is 1.10. The lowest BCUT2D eigenvalue weighted by molar-refractivity contribution is 1.18. The van der Waals surface area contributed by atoms with Crippen molar-refractivity contribution in [3.05, 3.63) is 141 Å². The van der Waals surface area contributed by atoms with E-state index in [1.54, 1.807) is 0 Å². The maximum absolute atomic E-state index is 3.67. The van der Waals surface area contributed by atoms with Gasteiger partial charge >= 0.3 is 0 Å². The van der Waals surface area contributed by atoms with E-state index in [0.717, 1.165) is 20.3 Å². The van der Waals surface area contributed by atoms with Crippen LogP contribution in [0.15, 0.2) is 130 Å². The van der Waals surface area contributed by atoms with Crippen molar-refractivity contribution in [3.8, 4) is 22.5 Å². The van der Waals surface area contributed by atoms with Gasteiger partial charge in [-0.3, -0.25) is 0 Å². The molecular formula is C38H26Br2N2. The highest BCUT2D eigenvalue weighted by atomic mass is 79.9. The Morgan fingerprint density at radius 1 is 0.381 bits per heavy atom. The Balaban J connectivity index is 1.20. The van der Waals surface area contributed by atoms with Gasteiger partial charge in [-0.2, -0.15) is 0 Å². The fourth-order valence-corrected chi connectivity index (χ4v) is 7.10. The van der Waals surface area contributed by atoms with Gasteiger partial charge in [-0.15, -0.1) is 0 Å². The Kier molecular flexibility index (Phi) is 5.92. The monoisotopic (exact) mass is 668 g/mol. The van der Waals surface area contributed by atoms with E-state index in [-0.39, 0.29) is 0 Å². The van der Waals surface area contributed by atoms with Crippen LogP contribution in [0.5, 0.6) is 0 Å². The average molecular weight is 670 g/mol. The number of benzene rings is 6. The van der Waals surface area contributed by atoms with Crippen LogP contribution in [0.2, 0.25) is 0 Å². The number of aromatic nitrogens is 2. The zero-order valence-corrected chi connectivity index (χ0v) is 26.4. The Morgan fingerprint density at radius 2 is 0.714 bits per heavy atom. The topological polar surface area (TPSA) is 9.86 Å². The highest BCUT2D eigenvalue weighted by Crippen LogP contribution is 2.37. The van der Waals surface area contributed by atoms with Gasteiger partial charge in [-0.1, -0.05) is 79.4 Å². The summed E-state index contributed by atoms with van der Waals surface area (Å²) < 4.78 is 6.92. The Labute approximate surface area is 261 Å². The molecule has 0 saturated heterocycles. The van der Waals surface area contributed by atoms with Crippen molar-refractivity contribution >= 4 is 75.5 Å². The highest BCUT2D eigenvalue weighted by molar-refractivity contribution is 9.10. The fourth-order valence-electron chi connectivity index (χ4n) is 6.38. The Hall–Kier alpha value is -4.12. The third kappa shape index (κ3) is 4.05. The summed E-state index contributed by atoms with van der Waals surface area (Å²) in [6, 6.07) is 44.4. The molecular weight excluding hydrogens is 644 g/mol. The average Bonchev–Trinajstić information content (AvgIpc) is 3.48.